The summed E-state index contributed by atoms with van der Waals surface area (Å²) in [7, 11) is 0. The molecule has 0 radical (unpaired) electrons. The van der Waals surface area contributed by atoms with Crippen LogP contribution in [0.5, 0.6) is 0 Å². The van der Waals surface area contributed by atoms with E-state index >= 15 is 0 Å². The van der Waals surface area contributed by atoms with E-state index in [9.17, 15) is 0 Å². The van der Waals surface area contributed by atoms with Crippen LogP contribution in [0.2, 0.25) is 0 Å². The lowest BCUT2D eigenvalue weighted by Crippen LogP contribution is -2.32. The van der Waals surface area contributed by atoms with Gasteiger partial charge < -0.3 is 15.2 Å². The zero-order chi connectivity index (χ0) is 13.8. The van der Waals surface area contributed by atoms with E-state index in [2.05, 4.69) is 34.3 Å². The van der Waals surface area contributed by atoms with Gasteiger partial charge >= 0.3 is 0 Å². The Morgan fingerprint density at radius 3 is 2.68 bits per heavy atom. The Hall–Kier alpha value is -1.24. The van der Waals surface area contributed by atoms with E-state index in [1.165, 1.54) is 0 Å². The normalized spacial score (nSPS) is 13.1. The van der Waals surface area contributed by atoms with Crippen molar-refractivity contribution in [2.45, 2.75) is 26.8 Å². The molecule has 104 valence electrons. The van der Waals surface area contributed by atoms with Crippen LogP contribution in [-0.2, 0) is 0 Å². The van der Waals surface area contributed by atoms with Gasteiger partial charge in [-0.3, -0.25) is 0 Å². The lowest BCUT2D eigenvalue weighted by atomic mass is 10.2. The molecule has 2 aromatic rings. The van der Waals surface area contributed by atoms with Crippen LogP contribution in [0.1, 0.15) is 31.3 Å². The first-order valence-electron chi connectivity index (χ1n) is 6.50. The van der Waals surface area contributed by atoms with E-state index in [1.54, 1.807) is 11.3 Å². The van der Waals surface area contributed by atoms with Gasteiger partial charge in [0.15, 0.2) is 5.82 Å². The Kier molecular flexibility index (Phi) is 4.68. The van der Waals surface area contributed by atoms with Crippen LogP contribution in [0.4, 0.5) is 0 Å². The van der Waals surface area contributed by atoms with Crippen molar-refractivity contribution in [1.82, 2.24) is 15.0 Å². The second-order valence-electron chi connectivity index (χ2n) is 4.52. The maximum Gasteiger partial charge on any atom is 0.259 e. The summed E-state index contributed by atoms with van der Waals surface area (Å²) in [5, 5.41) is 8.08. The zero-order valence-corrected chi connectivity index (χ0v) is 12.4. The van der Waals surface area contributed by atoms with Gasteiger partial charge in [-0.05, 0) is 31.0 Å². The van der Waals surface area contributed by atoms with Gasteiger partial charge in [0.05, 0.1) is 11.6 Å². The number of hydrogen-bond donors (Lipinski definition) is 1. The molecule has 6 heteroatoms. The molecule has 0 fully saturated rings. The maximum atomic E-state index is 6.13. The summed E-state index contributed by atoms with van der Waals surface area (Å²) in [6.07, 6.45) is 0. The summed E-state index contributed by atoms with van der Waals surface area (Å²) in [5.41, 5.74) is 8.28. The van der Waals surface area contributed by atoms with E-state index in [0.717, 1.165) is 30.8 Å². The average molecular weight is 280 g/mol. The maximum absolute atomic E-state index is 6.13. The number of hydrogen-bond acceptors (Lipinski definition) is 6. The first-order chi connectivity index (χ1) is 9.15. The summed E-state index contributed by atoms with van der Waals surface area (Å²) in [5.74, 6) is 1.14. The molecular weight excluding hydrogens is 260 g/mol. The molecule has 2 N–H and O–H groups in total. The third-order valence-corrected chi connectivity index (χ3v) is 4.07. The molecule has 2 aromatic heterocycles. The van der Waals surface area contributed by atoms with E-state index in [-0.39, 0.29) is 6.04 Å². The molecule has 5 nitrogen and oxygen atoms in total. The minimum Gasteiger partial charge on any atom is -0.334 e. The minimum atomic E-state index is -0.212. The Labute approximate surface area is 117 Å². The van der Waals surface area contributed by atoms with Gasteiger partial charge in [0, 0.05) is 11.9 Å². The Bertz CT molecular complexity index is 518. The van der Waals surface area contributed by atoms with Crippen molar-refractivity contribution in [3.05, 3.63) is 22.1 Å². The van der Waals surface area contributed by atoms with E-state index in [1.807, 2.05) is 12.3 Å². The first-order valence-corrected chi connectivity index (χ1v) is 7.44. The SMILES string of the molecule is CCN(CC)CC(N)c1noc(-c2cscc2C)n1. The second-order valence-corrected chi connectivity index (χ2v) is 5.26. The molecule has 0 bridgehead atoms. The molecule has 1 atom stereocenters. The van der Waals surface area contributed by atoms with Crippen LogP contribution in [0.15, 0.2) is 15.3 Å². The number of rotatable bonds is 6. The Balaban J connectivity index is 2.11. The average Bonchev–Trinajstić information content (AvgIpc) is 3.03. The zero-order valence-electron chi connectivity index (χ0n) is 11.6. The molecule has 1 unspecified atom stereocenters. The fraction of sp³-hybridized carbons (Fsp3) is 0.538. The molecule has 0 saturated carbocycles. The summed E-state index contributed by atoms with van der Waals surface area (Å²) in [6.45, 7) is 8.95. The van der Waals surface area contributed by atoms with E-state index < -0.39 is 0 Å². The smallest absolute Gasteiger partial charge is 0.259 e. The number of aromatic nitrogens is 2. The van der Waals surface area contributed by atoms with Gasteiger partial charge in [-0.2, -0.15) is 16.3 Å². The Morgan fingerprint density at radius 2 is 2.11 bits per heavy atom. The predicted molar refractivity (Wildman–Crippen MR) is 77.1 cm³/mol. The molecule has 0 aromatic carbocycles. The van der Waals surface area contributed by atoms with Gasteiger partial charge in [0.2, 0.25) is 0 Å². The summed E-state index contributed by atoms with van der Waals surface area (Å²) >= 11 is 1.63. The molecule has 0 saturated heterocycles. The summed E-state index contributed by atoms with van der Waals surface area (Å²) in [4.78, 5) is 6.66. The molecule has 0 amide bonds. The predicted octanol–water partition coefficient (Wildman–Crippen LogP) is 2.45. The van der Waals surface area contributed by atoms with Gasteiger partial charge in [-0.1, -0.05) is 19.0 Å². The second kappa shape index (κ2) is 6.27. The fourth-order valence-electron chi connectivity index (χ4n) is 1.92. The monoisotopic (exact) mass is 280 g/mol. The van der Waals surface area contributed by atoms with Crippen LogP contribution in [-0.4, -0.2) is 34.7 Å². The number of thiophene rings is 1. The number of likely N-dealkylation sites (N-methyl/N-ethyl adjacent to an activating group) is 1. The van der Waals surface area contributed by atoms with Crippen molar-refractivity contribution in [2.24, 2.45) is 5.73 Å². The standard InChI is InChI=1S/C13H20N4OS/c1-4-17(5-2)6-11(14)12-15-13(18-16-12)10-8-19-7-9(10)3/h7-8,11H,4-6,14H2,1-3H3. The molecule has 19 heavy (non-hydrogen) atoms. The third-order valence-electron chi connectivity index (χ3n) is 3.21. The topological polar surface area (TPSA) is 68.2 Å². The number of aryl methyl sites for hydroxylation is 1. The largest absolute Gasteiger partial charge is 0.334 e. The van der Waals surface area contributed by atoms with Crippen molar-refractivity contribution < 1.29 is 4.52 Å². The van der Waals surface area contributed by atoms with Crippen molar-refractivity contribution in [3.8, 4) is 11.5 Å². The lowest BCUT2D eigenvalue weighted by Gasteiger charge is -2.20. The van der Waals surface area contributed by atoms with Gasteiger partial charge in [0.1, 0.15) is 0 Å². The Morgan fingerprint density at radius 1 is 1.37 bits per heavy atom. The molecule has 2 rings (SSSR count). The molecule has 0 aliphatic heterocycles. The summed E-state index contributed by atoms with van der Waals surface area (Å²) in [6, 6.07) is -0.212. The van der Waals surface area contributed by atoms with Crippen molar-refractivity contribution in [2.75, 3.05) is 19.6 Å². The van der Waals surface area contributed by atoms with Crippen LogP contribution in [0.3, 0.4) is 0 Å². The van der Waals surface area contributed by atoms with Crippen LogP contribution < -0.4 is 5.73 Å². The highest BCUT2D eigenvalue weighted by Gasteiger charge is 2.18. The molecule has 2 heterocycles. The lowest BCUT2D eigenvalue weighted by molar-refractivity contribution is 0.278. The molecule has 0 spiro atoms. The quantitative estimate of drug-likeness (QED) is 0.880. The van der Waals surface area contributed by atoms with Crippen molar-refractivity contribution in [3.63, 3.8) is 0 Å². The van der Waals surface area contributed by atoms with Gasteiger partial charge in [0.25, 0.3) is 5.89 Å². The van der Waals surface area contributed by atoms with Crippen molar-refractivity contribution >= 4 is 11.3 Å². The highest BCUT2D eigenvalue weighted by atomic mass is 32.1. The molecular formula is C13H20N4OS. The first kappa shape index (κ1) is 14.2. The summed E-state index contributed by atoms with van der Waals surface area (Å²) < 4.78 is 5.31. The van der Waals surface area contributed by atoms with E-state index in [4.69, 9.17) is 10.3 Å². The third kappa shape index (κ3) is 3.20. The number of nitrogens with two attached hydrogens (primary N) is 1. The van der Waals surface area contributed by atoms with Gasteiger partial charge in [-0.15, -0.1) is 0 Å². The van der Waals surface area contributed by atoms with E-state index in [0.29, 0.717) is 11.7 Å². The van der Waals surface area contributed by atoms with Gasteiger partial charge in [-0.25, -0.2) is 0 Å². The molecule has 0 aliphatic rings. The van der Waals surface area contributed by atoms with Crippen LogP contribution in [0, 0.1) is 6.92 Å². The fourth-order valence-corrected chi connectivity index (χ4v) is 2.74. The molecule has 0 aliphatic carbocycles. The minimum absolute atomic E-state index is 0.212. The van der Waals surface area contributed by atoms with Crippen LogP contribution >= 0.6 is 11.3 Å². The number of nitrogens with zero attached hydrogens (tertiary/aromatic N) is 3. The van der Waals surface area contributed by atoms with Crippen molar-refractivity contribution in [1.29, 1.82) is 0 Å². The highest BCUT2D eigenvalue weighted by Crippen LogP contribution is 2.25. The highest BCUT2D eigenvalue weighted by molar-refractivity contribution is 7.08. The van der Waals surface area contributed by atoms with Crippen LogP contribution in [0.25, 0.3) is 11.5 Å².